The minimum atomic E-state index is -0.789. The van der Waals surface area contributed by atoms with Crippen LogP contribution in [0, 0.1) is 13.8 Å². The molecule has 1 aliphatic heterocycles. The van der Waals surface area contributed by atoms with Gasteiger partial charge in [-0.05, 0) is 113 Å². The molecule has 5 aromatic rings. The molecule has 0 N–H and O–H groups in total. The molecule has 1 atom stereocenters. The van der Waals surface area contributed by atoms with Crippen molar-refractivity contribution >= 4 is 46.6 Å². The molecular weight excluding hydrogens is 721 g/mol. The molecule has 52 heavy (non-hydrogen) atoms. The Labute approximate surface area is 316 Å². The van der Waals surface area contributed by atoms with Crippen LogP contribution in [0.4, 0.5) is 0 Å². The fourth-order valence-electron chi connectivity index (χ4n) is 6.28. The predicted octanol–water partition coefficient (Wildman–Crippen LogP) is 7.89. The zero-order valence-electron chi connectivity index (χ0n) is 30.0. The highest BCUT2D eigenvalue weighted by Crippen LogP contribution is 2.37. The minimum absolute atomic E-state index is 0.0733. The first-order valence-corrected chi connectivity index (χ1v) is 18.4. The van der Waals surface area contributed by atoms with Gasteiger partial charge in [-0.15, -0.1) is 0 Å². The van der Waals surface area contributed by atoms with E-state index in [2.05, 4.69) is 4.57 Å². The number of hydrogen-bond donors (Lipinski definition) is 0. The van der Waals surface area contributed by atoms with Gasteiger partial charge in [0, 0.05) is 32.7 Å². The molecule has 9 nitrogen and oxygen atoms in total. The topological polar surface area (TPSA) is 93.3 Å². The molecule has 0 radical (unpaired) electrons. The summed E-state index contributed by atoms with van der Waals surface area (Å²) in [6, 6.07) is 19.8. The Hall–Kier alpha value is -4.77. The molecule has 0 spiro atoms. The highest BCUT2D eigenvalue weighted by Gasteiger charge is 2.34. The number of allylic oxidation sites excluding steroid dienone is 1. The number of fused-ring (bicyclic) bond motifs is 1. The van der Waals surface area contributed by atoms with Crippen LogP contribution >= 0.6 is 34.5 Å². The van der Waals surface area contributed by atoms with Gasteiger partial charge in [-0.25, -0.2) is 9.79 Å². The SMILES string of the molecule is CCOC(=O)C1=C(C)N=c2s/c(=C/c3cc(C)n(-c4ccc(OCc5ccc(Cl)cc5Cl)cc4)c3C)c(=O)n2[C@H]1c1ccc(OC(C)C)c(OC)c1. The van der Waals surface area contributed by atoms with E-state index in [1.165, 1.54) is 11.3 Å². The number of hydrogen-bond acceptors (Lipinski definition) is 8. The van der Waals surface area contributed by atoms with Crippen molar-refractivity contribution in [2.24, 2.45) is 4.99 Å². The first-order valence-electron chi connectivity index (χ1n) is 16.8. The standard InChI is InChI=1S/C40H39Cl2N3O6S/c1-8-49-39(47)36-24(5)43-40-45(37(36)26-10-16-33(51-22(2)3)34(18-26)48-7)38(46)35(52-40)19-28-17-23(4)44(25(28)6)30-12-14-31(15-13-30)50-21-27-9-11-29(41)20-32(27)42/h9-20,22,37H,8,21H2,1-7H3/b35-19+/t37-/m0/s1. The number of carbonyl (C=O) groups excluding carboxylic acids is 1. The van der Waals surface area contributed by atoms with Crippen LogP contribution in [0.5, 0.6) is 17.2 Å². The van der Waals surface area contributed by atoms with Crippen LogP contribution in [0.15, 0.2) is 87.8 Å². The number of aryl methyl sites for hydroxylation is 1. The first-order chi connectivity index (χ1) is 24.9. The van der Waals surface area contributed by atoms with Crippen LogP contribution in [0.3, 0.4) is 0 Å². The molecule has 0 fully saturated rings. The number of thiazole rings is 1. The number of rotatable bonds is 11. The number of aromatic nitrogens is 2. The molecule has 2 aromatic heterocycles. The average molecular weight is 761 g/mol. The van der Waals surface area contributed by atoms with Crippen molar-refractivity contribution in [3.8, 4) is 22.9 Å². The van der Waals surface area contributed by atoms with Gasteiger partial charge in [0.25, 0.3) is 5.56 Å². The van der Waals surface area contributed by atoms with Crippen molar-refractivity contribution in [1.82, 2.24) is 9.13 Å². The van der Waals surface area contributed by atoms with Gasteiger partial charge in [0.1, 0.15) is 12.4 Å². The minimum Gasteiger partial charge on any atom is -0.493 e. The van der Waals surface area contributed by atoms with Crippen LogP contribution in [-0.4, -0.2) is 34.9 Å². The molecule has 12 heteroatoms. The third-order valence-corrected chi connectivity index (χ3v) is 10.2. The largest absolute Gasteiger partial charge is 0.493 e. The van der Waals surface area contributed by atoms with E-state index in [4.69, 9.17) is 47.1 Å². The van der Waals surface area contributed by atoms with E-state index >= 15 is 0 Å². The van der Waals surface area contributed by atoms with Gasteiger partial charge in [-0.2, -0.15) is 0 Å². The van der Waals surface area contributed by atoms with Crippen molar-refractivity contribution in [3.63, 3.8) is 0 Å². The third-order valence-electron chi connectivity index (χ3n) is 8.64. The van der Waals surface area contributed by atoms with E-state index in [0.717, 1.165) is 28.2 Å². The maximum absolute atomic E-state index is 14.3. The number of carbonyl (C=O) groups is 1. The lowest BCUT2D eigenvalue weighted by atomic mass is 9.95. The first kappa shape index (κ1) is 37.0. The second-order valence-electron chi connectivity index (χ2n) is 12.6. The van der Waals surface area contributed by atoms with E-state index in [-0.39, 0.29) is 18.3 Å². The van der Waals surface area contributed by atoms with Crippen molar-refractivity contribution in [1.29, 1.82) is 0 Å². The van der Waals surface area contributed by atoms with Gasteiger partial charge in [-0.1, -0.05) is 46.7 Å². The van der Waals surface area contributed by atoms with E-state index in [9.17, 15) is 9.59 Å². The van der Waals surface area contributed by atoms with Gasteiger partial charge < -0.3 is 23.5 Å². The second kappa shape index (κ2) is 15.5. The van der Waals surface area contributed by atoms with Crippen molar-refractivity contribution in [3.05, 3.63) is 136 Å². The maximum atomic E-state index is 14.3. The monoisotopic (exact) mass is 759 g/mol. The summed E-state index contributed by atoms with van der Waals surface area (Å²) < 4.78 is 27.2. The van der Waals surface area contributed by atoms with Gasteiger partial charge in [-0.3, -0.25) is 9.36 Å². The fourth-order valence-corrected chi connectivity index (χ4v) is 7.78. The number of benzene rings is 3. The summed E-state index contributed by atoms with van der Waals surface area (Å²) in [6.07, 6.45) is 1.81. The Morgan fingerprint density at radius 3 is 2.42 bits per heavy atom. The third kappa shape index (κ3) is 7.42. The van der Waals surface area contributed by atoms with Crippen LogP contribution < -0.4 is 29.1 Å². The molecule has 0 aliphatic carbocycles. The average Bonchev–Trinajstić information content (AvgIpc) is 3.56. The van der Waals surface area contributed by atoms with Gasteiger partial charge >= 0.3 is 5.97 Å². The quantitative estimate of drug-likeness (QED) is 0.127. The van der Waals surface area contributed by atoms with E-state index in [0.29, 0.717) is 60.1 Å². The normalized spacial score (nSPS) is 14.3. The maximum Gasteiger partial charge on any atom is 0.338 e. The molecule has 3 heterocycles. The summed E-state index contributed by atoms with van der Waals surface area (Å²) in [5, 5.41) is 1.13. The van der Waals surface area contributed by atoms with E-state index in [1.54, 1.807) is 49.8 Å². The Balaban J connectivity index is 1.36. The zero-order chi connectivity index (χ0) is 37.3. The van der Waals surface area contributed by atoms with Crippen LogP contribution in [-0.2, 0) is 16.1 Å². The lowest BCUT2D eigenvalue weighted by Gasteiger charge is -2.25. The molecule has 0 unspecified atom stereocenters. The molecule has 1 aliphatic rings. The summed E-state index contributed by atoms with van der Waals surface area (Å²) >= 11 is 13.6. The summed E-state index contributed by atoms with van der Waals surface area (Å²) in [5.74, 6) is 1.22. The number of esters is 1. The highest BCUT2D eigenvalue weighted by atomic mass is 35.5. The Morgan fingerprint density at radius 1 is 1.00 bits per heavy atom. The van der Waals surface area contributed by atoms with Crippen LogP contribution in [0.25, 0.3) is 11.8 Å². The van der Waals surface area contributed by atoms with E-state index < -0.39 is 12.0 Å². The van der Waals surface area contributed by atoms with Crippen LogP contribution in [0.1, 0.15) is 61.8 Å². The molecule has 270 valence electrons. The Bertz CT molecular complexity index is 2370. The molecule has 0 saturated carbocycles. The number of ether oxygens (including phenoxy) is 4. The molecule has 0 amide bonds. The predicted molar refractivity (Wildman–Crippen MR) is 205 cm³/mol. The molecule has 3 aromatic carbocycles. The summed E-state index contributed by atoms with van der Waals surface area (Å²) in [6.45, 7) is 11.9. The van der Waals surface area contributed by atoms with Crippen LogP contribution in [0.2, 0.25) is 10.0 Å². The fraction of sp³-hybridized carbons (Fsp3) is 0.275. The van der Waals surface area contributed by atoms with E-state index in [1.807, 2.05) is 76.2 Å². The summed E-state index contributed by atoms with van der Waals surface area (Å²) in [4.78, 5) is 32.9. The van der Waals surface area contributed by atoms with Crippen molar-refractivity contribution in [2.75, 3.05) is 13.7 Å². The molecule has 0 saturated heterocycles. The second-order valence-corrected chi connectivity index (χ2v) is 14.4. The Kier molecular flexibility index (Phi) is 11.0. The lowest BCUT2D eigenvalue weighted by molar-refractivity contribution is -0.139. The van der Waals surface area contributed by atoms with Gasteiger partial charge in [0.2, 0.25) is 0 Å². The van der Waals surface area contributed by atoms with Crippen molar-refractivity contribution in [2.45, 2.75) is 60.3 Å². The van der Waals surface area contributed by atoms with Gasteiger partial charge in [0.05, 0.1) is 41.7 Å². The molecule has 6 rings (SSSR count). The number of nitrogens with zero attached hydrogens (tertiary/aromatic N) is 3. The number of methoxy groups -OCH3 is 1. The van der Waals surface area contributed by atoms with Gasteiger partial charge in [0.15, 0.2) is 16.3 Å². The van der Waals surface area contributed by atoms with Crippen molar-refractivity contribution < 1.29 is 23.7 Å². The zero-order valence-corrected chi connectivity index (χ0v) is 32.3. The molecular formula is C40H39Cl2N3O6S. The number of halogens is 2. The summed E-state index contributed by atoms with van der Waals surface area (Å²) in [5.41, 5.74) is 5.80. The summed E-state index contributed by atoms with van der Waals surface area (Å²) in [7, 11) is 1.56. The highest BCUT2D eigenvalue weighted by molar-refractivity contribution is 7.07. The lowest BCUT2D eigenvalue weighted by Crippen LogP contribution is -2.40. The Morgan fingerprint density at radius 2 is 1.75 bits per heavy atom. The molecule has 0 bridgehead atoms. The smallest absolute Gasteiger partial charge is 0.338 e.